The molecule has 3 rings (SSSR count). The summed E-state index contributed by atoms with van der Waals surface area (Å²) in [6.07, 6.45) is 0.181. The quantitative estimate of drug-likeness (QED) is 0.811. The second-order valence-electron chi connectivity index (χ2n) is 5.38. The predicted molar refractivity (Wildman–Crippen MR) is 80.3 cm³/mol. The molecule has 2 unspecified atom stereocenters. The molecule has 1 amide bonds. The summed E-state index contributed by atoms with van der Waals surface area (Å²) in [5, 5.41) is 1.03. The number of benzene rings is 1. The van der Waals surface area contributed by atoms with E-state index in [2.05, 4.69) is 4.98 Å². The Kier molecular flexibility index (Phi) is 3.48. The second kappa shape index (κ2) is 5.14. The van der Waals surface area contributed by atoms with Crippen LogP contribution in [-0.2, 0) is 4.74 Å². The van der Waals surface area contributed by atoms with Gasteiger partial charge < -0.3 is 9.64 Å². The van der Waals surface area contributed by atoms with Gasteiger partial charge in [0.1, 0.15) is 0 Å². The SMILES string of the molecule is Cc1nc2cc(C(=O)N3CC(C)OC(C)C3)ccc2s1. The zero-order valence-corrected chi connectivity index (χ0v) is 12.7. The van der Waals surface area contributed by atoms with Crippen LogP contribution in [0.4, 0.5) is 0 Å². The third kappa shape index (κ3) is 2.55. The van der Waals surface area contributed by atoms with Gasteiger partial charge in [-0.25, -0.2) is 4.98 Å². The summed E-state index contributed by atoms with van der Waals surface area (Å²) in [6.45, 7) is 7.29. The van der Waals surface area contributed by atoms with E-state index in [9.17, 15) is 4.79 Å². The lowest BCUT2D eigenvalue weighted by molar-refractivity contribution is -0.0586. The predicted octanol–water partition coefficient (Wildman–Crippen LogP) is 2.85. The van der Waals surface area contributed by atoms with E-state index in [1.807, 2.05) is 43.9 Å². The normalized spacial score (nSPS) is 23.2. The van der Waals surface area contributed by atoms with Crippen molar-refractivity contribution in [1.82, 2.24) is 9.88 Å². The minimum Gasteiger partial charge on any atom is -0.372 e. The van der Waals surface area contributed by atoms with Crippen molar-refractivity contribution in [3.05, 3.63) is 28.8 Å². The number of hydrogen-bond donors (Lipinski definition) is 0. The number of hydrogen-bond acceptors (Lipinski definition) is 4. The van der Waals surface area contributed by atoms with Gasteiger partial charge in [0.25, 0.3) is 5.91 Å². The molecule has 106 valence electrons. The fourth-order valence-corrected chi connectivity index (χ4v) is 3.51. The highest BCUT2D eigenvalue weighted by Gasteiger charge is 2.26. The molecule has 1 fully saturated rings. The van der Waals surface area contributed by atoms with Crippen LogP contribution in [0.15, 0.2) is 18.2 Å². The van der Waals surface area contributed by atoms with Crippen molar-refractivity contribution in [2.24, 2.45) is 0 Å². The molecule has 1 aromatic heterocycles. The van der Waals surface area contributed by atoms with Crippen LogP contribution in [0.2, 0.25) is 0 Å². The highest BCUT2D eigenvalue weighted by atomic mass is 32.1. The van der Waals surface area contributed by atoms with Crippen LogP contribution in [-0.4, -0.2) is 41.1 Å². The lowest BCUT2D eigenvalue weighted by Crippen LogP contribution is -2.48. The van der Waals surface area contributed by atoms with Gasteiger partial charge in [-0.15, -0.1) is 11.3 Å². The van der Waals surface area contributed by atoms with E-state index in [-0.39, 0.29) is 18.1 Å². The topological polar surface area (TPSA) is 42.4 Å². The molecule has 1 aromatic carbocycles. The molecule has 0 spiro atoms. The Morgan fingerprint density at radius 2 is 2.05 bits per heavy atom. The maximum Gasteiger partial charge on any atom is 0.254 e. The van der Waals surface area contributed by atoms with E-state index in [0.29, 0.717) is 18.7 Å². The zero-order valence-electron chi connectivity index (χ0n) is 11.9. The van der Waals surface area contributed by atoms with E-state index >= 15 is 0 Å². The number of amides is 1. The number of morpholine rings is 1. The van der Waals surface area contributed by atoms with Crippen molar-refractivity contribution >= 4 is 27.5 Å². The van der Waals surface area contributed by atoms with Gasteiger partial charge in [-0.2, -0.15) is 0 Å². The molecule has 0 saturated carbocycles. The molecule has 1 aliphatic rings. The number of aryl methyl sites for hydroxylation is 1. The molecular formula is C15H18N2O2S. The average molecular weight is 290 g/mol. The molecule has 4 nitrogen and oxygen atoms in total. The number of rotatable bonds is 1. The van der Waals surface area contributed by atoms with Gasteiger partial charge in [0, 0.05) is 18.7 Å². The van der Waals surface area contributed by atoms with Crippen LogP contribution in [0.3, 0.4) is 0 Å². The molecule has 0 bridgehead atoms. The zero-order chi connectivity index (χ0) is 14.3. The summed E-state index contributed by atoms with van der Waals surface area (Å²) >= 11 is 1.65. The Morgan fingerprint density at radius 1 is 1.35 bits per heavy atom. The molecular weight excluding hydrogens is 272 g/mol. The highest BCUT2D eigenvalue weighted by Crippen LogP contribution is 2.23. The summed E-state index contributed by atoms with van der Waals surface area (Å²) in [7, 11) is 0. The summed E-state index contributed by atoms with van der Waals surface area (Å²) in [5.74, 6) is 0.0690. The Bertz CT molecular complexity index is 642. The number of carbonyl (C=O) groups excluding carboxylic acids is 1. The molecule has 0 N–H and O–H groups in total. The Balaban J connectivity index is 1.87. The standard InChI is InChI=1S/C15H18N2O2S/c1-9-7-17(8-10(2)19-9)15(18)12-4-5-14-13(6-12)16-11(3)20-14/h4-6,9-10H,7-8H2,1-3H3. The average Bonchev–Trinajstić information content (AvgIpc) is 2.75. The lowest BCUT2D eigenvalue weighted by atomic mass is 10.1. The third-order valence-electron chi connectivity index (χ3n) is 3.45. The molecule has 1 saturated heterocycles. The van der Waals surface area contributed by atoms with Crippen molar-refractivity contribution in [3.8, 4) is 0 Å². The molecule has 0 radical (unpaired) electrons. The molecule has 2 aromatic rings. The Labute approximate surface area is 122 Å². The number of carbonyl (C=O) groups is 1. The molecule has 2 heterocycles. The van der Waals surface area contributed by atoms with Gasteiger partial charge in [0.15, 0.2) is 0 Å². The number of thiazole rings is 1. The fourth-order valence-electron chi connectivity index (χ4n) is 2.70. The summed E-state index contributed by atoms with van der Waals surface area (Å²) < 4.78 is 6.80. The van der Waals surface area contributed by atoms with Gasteiger partial charge in [0.05, 0.1) is 27.4 Å². The first kappa shape index (κ1) is 13.5. The van der Waals surface area contributed by atoms with Gasteiger partial charge in [-0.05, 0) is 39.0 Å². The van der Waals surface area contributed by atoms with Crippen LogP contribution in [0.25, 0.3) is 10.2 Å². The second-order valence-corrected chi connectivity index (χ2v) is 6.62. The Morgan fingerprint density at radius 3 is 2.75 bits per heavy atom. The number of fused-ring (bicyclic) bond motifs is 1. The van der Waals surface area contributed by atoms with Crippen LogP contribution in [0.1, 0.15) is 29.2 Å². The smallest absolute Gasteiger partial charge is 0.254 e. The Hall–Kier alpha value is -1.46. The molecule has 5 heteroatoms. The monoisotopic (exact) mass is 290 g/mol. The van der Waals surface area contributed by atoms with E-state index in [4.69, 9.17) is 4.74 Å². The van der Waals surface area contributed by atoms with E-state index in [1.165, 1.54) is 0 Å². The van der Waals surface area contributed by atoms with Gasteiger partial charge in [-0.1, -0.05) is 0 Å². The first-order chi connectivity index (χ1) is 9.52. The van der Waals surface area contributed by atoms with Crippen LogP contribution >= 0.6 is 11.3 Å². The van der Waals surface area contributed by atoms with E-state index in [1.54, 1.807) is 11.3 Å². The van der Waals surface area contributed by atoms with Crippen molar-refractivity contribution in [3.63, 3.8) is 0 Å². The number of nitrogens with zero attached hydrogens (tertiary/aromatic N) is 2. The van der Waals surface area contributed by atoms with Crippen LogP contribution in [0, 0.1) is 6.92 Å². The number of aromatic nitrogens is 1. The largest absolute Gasteiger partial charge is 0.372 e. The van der Waals surface area contributed by atoms with E-state index < -0.39 is 0 Å². The lowest BCUT2D eigenvalue weighted by Gasteiger charge is -2.35. The first-order valence-corrected chi connectivity index (χ1v) is 7.66. The molecule has 20 heavy (non-hydrogen) atoms. The van der Waals surface area contributed by atoms with Gasteiger partial charge >= 0.3 is 0 Å². The van der Waals surface area contributed by atoms with Crippen LogP contribution < -0.4 is 0 Å². The van der Waals surface area contributed by atoms with Crippen molar-refractivity contribution in [1.29, 1.82) is 0 Å². The van der Waals surface area contributed by atoms with Crippen molar-refractivity contribution in [2.45, 2.75) is 33.0 Å². The minimum absolute atomic E-state index is 0.0690. The van der Waals surface area contributed by atoms with Crippen molar-refractivity contribution < 1.29 is 9.53 Å². The number of ether oxygens (including phenoxy) is 1. The van der Waals surface area contributed by atoms with Gasteiger partial charge in [0.2, 0.25) is 0 Å². The summed E-state index contributed by atoms with van der Waals surface area (Å²) in [6, 6.07) is 5.78. The fraction of sp³-hybridized carbons (Fsp3) is 0.467. The summed E-state index contributed by atoms with van der Waals surface area (Å²) in [4.78, 5) is 18.9. The maximum atomic E-state index is 12.6. The molecule has 1 aliphatic heterocycles. The molecule has 2 atom stereocenters. The summed E-state index contributed by atoms with van der Waals surface area (Å²) in [5.41, 5.74) is 1.62. The molecule has 0 aliphatic carbocycles. The minimum atomic E-state index is 0.0690. The first-order valence-electron chi connectivity index (χ1n) is 6.85. The maximum absolute atomic E-state index is 12.6. The van der Waals surface area contributed by atoms with Gasteiger partial charge in [-0.3, -0.25) is 4.79 Å². The van der Waals surface area contributed by atoms with Crippen LogP contribution in [0.5, 0.6) is 0 Å². The third-order valence-corrected chi connectivity index (χ3v) is 4.40. The highest BCUT2D eigenvalue weighted by molar-refractivity contribution is 7.18. The van der Waals surface area contributed by atoms with Crippen molar-refractivity contribution in [2.75, 3.05) is 13.1 Å². The van der Waals surface area contributed by atoms with E-state index in [0.717, 1.165) is 15.2 Å².